The third-order valence-corrected chi connectivity index (χ3v) is 12.6. The van der Waals surface area contributed by atoms with Crippen LogP contribution in [-0.4, -0.2) is 8.97 Å². The fraction of sp³-hybridized carbons (Fsp3) is 0. The quantitative estimate of drug-likeness (QED) is 0.171. The molecule has 4 nitrogen and oxygen atoms in total. The molecule has 0 fully saturated rings. The summed E-state index contributed by atoms with van der Waals surface area (Å²) in [6.45, 7) is 8.49. The number of hydrogen-bond acceptors (Lipinski definition) is 3. The summed E-state index contributed by atoms with van der Waals surface area (Å²) >= 11 is 1.81. The van der Waals surface area contributed by atoms with Crippen LogP contribution in [0.3, 0.4) is 0 Å². The molecule has 0 spiro atoms. The van der Waals surface area contributed by atoms with E-state index in [1.54, 1.807) is 0 Å². The van der Waals surface area contributed by atoms with Gasteiger partial charge in [0.2, 0.25) is 0 Å². The molecule has 0 aliphatic rings. The van der Waals surface area contributed by atoms with E-state index in [0.717, 1.165) is 98.9 Å². The monoisotopic (exact) mass is 708 g/mol. The lowest BCUT2D eigenvalue weighted by atomic mass is 9.97. The van der Waals surface area contributed by atoms with Crippen LogP contribution in [0.25, 0.3) is 120 Å². The second-order valence-corrected chi connectivity index (χ2v) is 15.1. The van der Waals surface area contributed by atoms with Crippen LogP contribution in [0, 0.1) is 0 Å². The number of nitrogens with zero attached hydrogens (tertiary/aromatic N) is 2. The minimum Gasteiger partial charge on any atom is -0.455 e. The Morgan fingerprint density at radius 1 is 0.574 bits per heavy atom. The van der Waals surface area contributed by atoms with Gasteiger partial charge in [-0.15, -0.1) is 11.3 Å². The van der Waals surface area contributed by atoms with Crippen molar-refractivity contribution in [1.82, 2.24) is 8.97 Å². The van der Waals surface area contributed by atoms with Crippen LogP contribution < -0.4 is 5.56 Å². The highest BCUT2D eigenvalue weighted by atomic mass is 32.1. The van der Waals surface area contributed by atoms with Crippen LogP contribution in [-0.2, 0) is 0 Å². The molecule has 5 heteroatoms. The van der Waals surface area contributed by atoms with Crippen molar-refractivity contribution in [2.45, 2.75) is 0 Å². The van der Waals surface area contributed by atoms with Crippen LogP contribution in [0.1, 0.15) is 11.3 Å². The van der Waals surface area contributed by atoms with Crippen molar-refractivity contribution in [3.05, 3.63) is 168 Å². The zero-order chi connectivity index (χ0) is 35.8. The minimum absolute atomic E-state index is 0.0209. The lowest BCUT2D eigenvalue weighted by molar-refractivity contribution is 0.672. The van der Waals surface area contributed by atoms with Crippen LogP contribution in [0.15, 0.2) is 156 Å². The van der Waals surface area contributed by atoms with Gasteiger partial charge in [-0.3, -0.25) is 9.20 Å². The molecule has 0 aliphatic carbocycles. The highest BCUT2D eigenvalue weighted by molar-refractivity contribution is 7.26. The summed E-state index contributed by atoms with van der Waals surface area (Å²) in [5.41, 5.74) is 10.0. The fourth-order valence-electron chi connectivity index (χ4n) is 9.17. The summed E-state index contributed by atoms with van der Waals surface area (Å²) in [5, 5.41) is 10.6. The molecule has 12 rings (SSSR count). The number of hydrogen-bond donors (Lipinski definition) is 0. The Morgan fingerprint density at radius 3 is 2.19 bits per heavy atom. The molecule has 252 valence electrons. The fourth-order valence-corrected chi connectivity index (χ4v) is 10.3. The molecule has 0 saturated heterocycles. The molecule has 0 atom stereocenters. The molecule has 5 heterocycles. The number of aromatic nitrogens is 2. The first-order valence-electron chi connectivity index (χ1n) is 18.0. The number of fused-ring (bicyclic) bond motifs is 13. The van der Waals surface area contributed by atoms with E-state index in [9.17, 15) is 4.79 Å². The van der Waals surface area contributed by atoms with Crippen molar-refractivity contribution in [1.29, 1.82) is 0 Å². The highest BCUT2D eigenvalue weighted by Gasteiger charge is 2.22. The van der Waals surface area contributed by atoms with Crippen molar-refractivity contribution in [2.75, 3.05) is 0 Å². The van der Waals surface area contributed by atoms with Crippen LogP contribution >= 0.6 is 11.3 Å². The van der Waals surface area contributed by atoms with Gasteiger partial charge in [-0.25, -0.2) is 0 Å². The van der Waals surface area contributed by atoms with Gasteiger partial charge in [-0.05, 0) is 83.3 Å². The van der Waals surface area contributed by atoms with Crippen LogP contribution in [0.5, 0.6) is 0 Å². The number of furan rings is 1. The van der Waals surface area contributed by atoms with Crippen molar-refractivity contribution in [3.63, 3.8) is 0 Å². The van der Waals surface area contributed by atoms with Gasteiger partial charge in [0.15, 0.2) is 0 Å². The molecule has 0 N–H and O–H groups in total. The Bertz CT molecular complexity index is 3680. The van der Waals surface area contributed by atoms with E-state index in [1.165, 1.54) is 20.2 Å². The lowest BCUT2D eigenvalue weighted by Crippen LogP contribution is -2.12. The van der Waals surface area contributed by atoms with Gasteiger partial charge in [0.05, 0.1) is 27.6 Å². The molecule has 0 radical (unpaired) electrons. The smallest absolute Gasteiger partial charge is 0.263 e. The third kappa shape index (κ3) is 3.68. The molecular weight excluding hydrogens is 681 g/mol. The molecule has 12 aromatic rings. The highest BCUT2D eigenvalue weighted by Crippen LogP contribution is 2.45. The predicted molar refractivity (Wildman–Crippen MR) is 230 cm³/mol. The van der Waals surface area contributed by atoms with Gasteiger partial charge in [0.25, 0.3) is 5.56 Å². The summed E-state index contributed by atoms with van der Waals surface area (Å²) in [4.78, 5) is 14.0. The second-order valence-electron chi connectivity index (χ2n) is 14.1. The Labute approximate surface area is 311 Å². The first-order valence-corrected chi connectivity index (χ1v) is 18.9. The van der Waals surface area contributed by atoms with E-state index in [1.807, 2.05) is 58.2 Å². The average Bonchev–Trinajstić information content (AvgIpc) is 3.97. The van der Waals surface area contributed by atoms with Gasteiger partial charge in [-0.2, -0.15) is 0 Å². The summed E-state index contributed by atoms with van der Waals surface area (Å²) in [6.07, 6.45) is 3.84. The maximum absolute atomic E-state index is 14.0. The standard InChI is InChI=1S/C49H28N2O2S/c1-3-29-39(4-2)50(41-23-21-35-32-12-7-8-17-42(32)53-48(35)46(29)41)28-20-24-43-38(26-28)45-30(14-10-18-44(45)54-43)27-19-22-40-37(25-27)34-16-9-15-33-31-11-5-6-13-36(31)49(52)51(40)47(33)34/h3-26H,1-2H2. The van der Waals surface area contributed by atoms with Crippen molar-refractivity contribution < 1.29 is 4.42 Å². The van der Waals surface area contributed by atoms with Crippen molar-refractivity contribution in [2.24, 2.45) is 0 Å². The minimum atomic E-state index is 0.0209. The number of rotatable bonds is 4. The number of pyridine rings is 1. The van der Waals surface area contributed by atoms with Gasteiger partial charge < -0.3 is 8.98 Å². The van der Waals surface area contributed by atoms with Crippen molar-refractivity contribution >= 4 is 114 Å². The number of benzene rings is 7. The molecule has 0 bridgehead atoms. The topological polar surface area (TPSA) is 39.5 Å². The zero-order valence-electron chi connectivity index (χ0n) is 28.9. The second kappa shape index (κ2) is 10.6. The molecule has 0 aliphatic heterocycles. The molecule has 5 aromatic heterocycles. The Hall–Kier alpha value is -6.95. The average molecular weight is 709 g/mol. The summed E-state index contributed by atoms with van der Waals surface area (Å²) in [6, 6.07) is 46.8. The van der Waals surface area contributed by atoms with Gasteiger partial charge in [0, 0.05) is 63.7 Å². The normalized spacial score (nSPS) is 12.3. The third-order valence-electron chi connectivity index (χ3n) is 11.4. The molecule has 0 amide bonds. The Kier molecular flexibility index (Phi) is 5.79. The van der Waals surface area contributed by atoms with Gasteiger partial charge in [-0.1, -0.05) is 92.0 Å². The van der Waals surface area contributed by atoms with Gasteiger partial charge in [0.1, 0.15) is 11.2 Å². The van der Waals surface area contributed by atoms with E-state index in [2.05, 4.69) is 121 Å². The number of para-hydroxylation sites is 2. The Balaban J connectivity index is 1.11. The van der Waals surface area contributed by atoms with E-state index in [0.29, 0.717) is 0 Å². The lowest BCUT2D eigenvalue weighted by Gasteiger charge is -2.11. The number of thiophene rings is 1. The summed E-state index contributed by atoms with van der Waals surface area (Å²) in [5.74, 6) is 0. The first kappa shape index (κ1) is 29.6. The first-order chi connectivity index (χ1) is 26.6. The molecular formula is C49H28N2O2S. The van der Waals surface area contributed by atoms with Crippen molar-refractivity contribution in [3.8, 4) is 16.8 Å². The van der Waals surface area contributed by atoms with Crippen LogP contribution in [0.4, 0.5) is 0 Å². The SMILES string of the molecule is C=Cc1c(C=C)n(-c2ccc3sc4cccc(-c5ccc6c(c5)c5cccc7c8ccccc8c(=O)n6c75)c4c3c2)c2ccc3c4ccccc4oc3c12. The van der Waals surface area contributed by atoms with E-state index in [-0.39, 0.29) is 5.56 Å². The maximum atomic E-state index is 14.0. The molecule has 7 aromatic carbocycles. The molecule has 0 unspecified atom stereocenters. The van der Waals surface area contributed by atoms with Crippen LogP contribution in [0.2, 0.25) is 0 Å². The van der Waals surface area contributed by atoms with E-state index in [4.69, 9.17) is 4.42 Å². The van der Waals surface area contributed by atoms with E-state index < -0.39 is 0 Å². The molecule has 0 saturated carbocycles. The van der Waals surface area contributed by atoms with Gasteiger partial charge >= 0.3 is 0 Å². The summed E-state index contributed by atoms with van der Waals surface area (Å²) in [7, 11) is 0. The summed E-state index contributed by atoms with van der Waals surface area (Å²) < 4.78 is 13.2. The Morgan fingerprint density at radius 2 is 1.33 bits per heavy atom. The maximum Gasteiger partial charge on any atom is 0.263 e. The molecule has 54 heavy (non-hydrogen) atoms. The zero-order valence-corrected chi connectivity index (χ0v) is 29.7. The predicted octanol–water partition coefficient (Wildman–Crippen LogP) is 13.4. The van der Waals surface area contributed by atoms with E-state index >= 15 is 0 Å². The largest absolute Gasteiger partial charge is 0.455 e.